The van der Waals surface area contributed by atoms with Crippen LogP contribution in [-0.2, 0) is 0 Å². The fourth-order valence-electron chi connectivity index (χ4n) is 1.38. The number of carbonyl (C=O) groups is 1. The highest BCUT2D eigenvalue weighted by molar-refractivity contribution is 7.14. The molecule has 5 heteroatoms. The number of nitrogen functional groups attached to an aromatic ring is 1. The fraction of sp³-hybridized carbons (Fsp3) is 0. The lowest BCUT2D eigenvalue weighted by Gasteiger charge is -2.03. The molecule has 0 radical (unpaired) electrons. The Balaban J connectivity index is 2.36. The number of thiophene rings is 1. The SMILES string of the molecule is Nc1ccc(-c2sccc2NC(=O)O)cc1. The number of anilines is 2. The average Bonchev–Trinajstić information content (AvgIpc) is 2.66. The smallest absolute Gasteiger partial charge is 0.409 e. The summed E-state index contributed by atoms with van der Waals surface area (Å²) in [4.78, 5) is 11.5. The minimum absolute atomic E-state index is 0.599. The molecule has 1 aromatic carbocycles. The summed E-state index contributed by atoms with van der Waals surface area (Å²) in [6.45, 7) is 0. The van der Waals surface area contributed by atoms with Crippen molar-refractivity contribution in [3.8, 4) is 10.4 Å². The van der Waals surface area contributed by atoms with Crippen molar-refractivity contribution < 1.29 is 9.90 Å². The molecule has 4 nitrogen and oxygen atoms in total. The first-order valence-electron chi connectivity index (χ1n) is 4.60. The number of carboxylic acid groups (broad SMARTS) is 1. The Morgan fingerprint density at radius 3 is 2.56 bits per heavy atom. The molecule has 0 aliphatic rings. The van der Waals surface area contributed by atoms with E-state index >= 15 is 0 Å². The summed E-state index contributed by atoms with van der Waals surface area (Å²) in [7, 11) is 0. The third kappa shape index (κ3) is 2.14. The molecule has 16 heavy (non-hydrogen) atoms. The van der Waals surface area contributed by atoms with Gasteiger partial charge in [0.2, 0.25) is 0 Å². The van der Waals surface area contributed by atoms with Crippen LogP contribution in [-0.4, -0.2) is 11.2 Å². The Hall–Kier alpha value is -2.01. The molecule has 0 unspecified atom stereocenters. The highest BCUT2D eigenvalue weighted by atomic mass is 32.1. The van der Waals surface area contributed by atoms with E-state index in [0.717, 1.165) is 10.4 Å². The normalized spacial score (nSPS) is 10.0. The number of benzene rings is 1. The summed E-state index contributed by atoms with van der Waals surface area (Å²) in [5, 5.41) is 12.9. The first kappa shape index (κ1) is 10.5. The lowest BCUT2D eigenvalue weighted by Crippen LogP contribution is -2.06. The van der Waals surface area contributed by atoms with Gasteiger partial charge in [0.1, 0.15) is 0 Å². The Morgan fingerprint density at radius 2 is 1.94 bits per heavy atom. The molecule has 1 heterocycles. The molecule has 0 atom stereocenters. The second-order valence-electron chi connectivity index (χ2n) is 3.22. The van der Waals surface area contributed by atoms with Crippen LogP contribution in [0, 0.1) is 0 Å². The molecule has 0 saturated heterocycles. The molecule has 0 bridgehead atoms. The van der Waals surface area contributed by atoms with E-state index in [4.69, 9.17) is 10.8 Å². The van der Waals surface area contributed by atoms with Gasteiger partial charge < -0.3 is 10.8 Å². The molecule has 0 spiro atoms. The molecule has 2 aromatic rings. The van der Waals surface area contributed by atoms with Crippen LogP contribution < -0.4 is 11.1 Å². The number of hydrogen-bond donors (Lipinski definition) is 3. The van der Waals surface area contributed by atoms with Gasteiger partial charge in [-0.15, -0.1) is 11.3 Å². The van der Waals surface area contributed by atoms with E-state index in [1.165, 1.54) is 11.3 Å². The van der Waals surface area contributed by atoms with Crippen molar-refractivity contribution in [2.45, 2.75) is 0 Å². The van der Waals surface area contributed by atoms with E-state index in [0.29, 0.717) is 11.4 Å². The molecule has 0 fully saturated rings. The third-order valence-electron chi connectivity index (χ3n) is 2.08. The quantitative estimate of drug-likeness (QED) is 0.699. The Labute approximate surface area is 96.3 Å². The van der Waals surface area contributed by atoms with Gasteiger partial charge in [0, 0.05) is 5.69 Å². The van der Waals surface area contributed by atoms with Crippen LogP contribution in [0.25, 0.3) is 10.4 Å². The van der Waals surface area contributed by atoms with E-state index in [1.54, 1.807) is 18.2 Å². The average molecular weight is 234 g/mol. The molecule has 0 saturated carbocycles. The van der Waals surface area contributed by atoms with Crippen molar-refractivity contribution in [2.24, 2.45) is 0 Å². The molecule has 1 amide bonds. The molecular formula is C11H10N2O2S. The summed E-state index contributed by atoms with van der Waals surface area (Å²) >= 11 is 1.48. The van der Waals surface area contributed by atoms with Crippen molar-refractivity contribution in [1.29, 1.82) is 0 Å². The van der Waals surface area contributed by atoms with Gasteiger partial charge in [0.05, 0.1) is 10.6 Å². The van der Waals surface area contributed by atoms with Gasteiger partial charge in [0.25, 0.3) is 0 Å². The van der Waals surface area contributed by atoms with E-state index < -0.39 is 6.09 Å². The minimum atomic E-state index is -1.06. The monoisotopic (exact) mass is 234 g/mol. The van der Waals surface area contributed by atoms with Crippen molar-refractivity contribution in [3.05, 3.63) is 35.7 Å². The van der Waals surface area contributed by atoms with Gasteiger partial charge in [-0.05, 0) is 29.1 Å². The number of hydrogen-bond acceptors (Lipinski definition) is 3. The van der Waals surface area contributed by atoms with E-state index in [2.05, 4.69) is 5.32 Å². The molecule has 82 valence electrons. The number of nitrogens with two attached hydrogens (primary N) is 1. The Kier molecular flexibility index (Phi) is 2.78. The number of amides is 1. The van der Waals surface area contributed by atoms with Gasteiger partial charge in [0.15, 0.2) is 0 Å². The second kappa shape index (κ2) is 4.24. The summed E-state index contributed by atoms with van der Waals surface area (Å²) in [6, 6.07) is 9.06. The zero-order valence-corrected chi connectivity index (χ0v) is 9.12. The summed E-state index contributed by atoms with van der Waals surface area (Å²) in [6.07, 6.45) is -1.06. The lowest BCUT2D eigenvalue weighted by molar-refractivity contribution is 0.210. The maximum atomic E-state index is 10.6. The van der Waals surface area contributed by atoms with Crippen molar-refractivity contribution >= 4 is 28.8 Å². The van der Waals surface area contributed by atoms with Crippen LogP contribution in [0.15, 0.2) is 35.7 Å². The fourth-order valence-corrected chi connectivity index (χ4v) is 2.24. The van der Waals surface area contributed by atoms with E-state index in [-0.39, 0.29) is 0 Å². The van der Waals surface area contributed by atoms with E-state index in [9.17, 15) is 4.79 Å². The van der Waals surface area contributed by atoms with Crippen LogP contribution in [0.4, 0.5) is 16.2 Å². The zero-order valence-electron chi connectivity index (χ0n) is 8.31. The lowest BCUT2D eigenvalue weighted by atomic mass is 10.1. The van der Waals surface area contributed by atoms with Gasteiger partial charge >= 0.3 is 6.09 Å². The van der Waals surface area contributed by atoms with Crippen LogP contribution >= 0.6 is 11.3 Å². The maximum Gasteiger partial charge on any atom is 0.409 e. The summed E-state index contributed by atoms with van der Waals surface area (Å²) in [5.41, 5.74) is 7.83. The summed E-state index contributed by atoms with van der Waals surface area (Å²) < 4.78 is 0. The highest BCUT2D eigenvalue weighted by Crippen LogP contribution is 2.33. The molecular weight excluding hydrogens is 224 g/mol. The first-order valence-corrected chi connectivity index (χ1v) is 5.48. The van der Waals surface area contributed by atoms with Crippen LogP contribution in [0.1, 0.15) is 0 Å². The molecule has 2 rings (SSSR count). The van der Waals surface area contributed by atoms with Crippen LogP contribution in [0.5, 0.6) is 0 Å². The predicted molar refractivity (Wildman–Crippen MR) is 65.8 cm³/mol. The van der Waals surface area contributed by atoms with Crippen molar-refractivity contribution in [2.75, 3.05) is 11.1 Å². The first-order chi connectivity index (χ1) is 7.66. The van der Waals surface area contributed by atoms with Crippen LogP contribution in [0.2, 0.25) is 0 Å². The third-order valence-corrected chi connectivity index (χ3v) is 3.04. The van der Waals surface area contributed by atoms with Gasteiger partial charge in [-0.25, -0.2) is 4.79 Å². The standard InChI is InChI=1S/C11H10N2O2S/c12-8-3-1-7(2-4-8)10-9(5-6-16-10)13-11(14)15/h1-6,13H,12H2,(H,14,15). The molecule has 0 aliphatic heterocycles. The number of rotatable bonds is 2. The van der Waals surface area contributed by atoms with Crippen molar-refractivity contribution in [1.82, 2.24) is 0 Å². The Morgan fingerprint density at radius 1 is 1.25 bits per heavy atom. The molecule has 1 aromatic heterocycles. The molecule has 4 N–H and O–H groups in total. The Bertz CT molecular complexity index is 505. The maximum absolute atomic E-state index is 10.6. The van der Waals surface area contributed by atoms with Gasteiger partial charge in [-0.2, -0.15) is 0 Å². The number of nitrogens with one attached hydrogen (secondary N) is 1. The van der Waals surface area contributed by atoms with Crippen molar-refractivity contribution in [3.63, 3.8) is 0 Å². The second-order valence-corrected chi connectivity index (χ2v) is 4.13. The highest BCUT2D eigenvalue weighted by Gasteiger charge is 2.08. The van der Waals surface area contributed by atoms with E-state index in [1.807, 2.05) is 17.5 Å². The van der Waals surface area contributed by atoms with Gasteiger partial charge in [-0.3, -0.25) is 5.32 Å². The van der Waals surface area contributed by atoms with Gasteiger partial charge in [-0.1, -0.05) is 12.1 Å². The largest absolute Gasteiger partial charge is 0.465 e. The topological polar surface area (TPSA) is 75.3 Å². The minimum Gasteiger partial charge on any atom is -0.465 e. The summed E-state index contributed by atoms with van der Waals surface area (Å²) in [5.74, 6) is 0. The predicted octanol–water partition coefficient (Wildman–Crippen LogP) is 3.09. The zero-order chi connectivity index (χ0) is 11.5. The molecule has 0 aliphatic carbocycles. The van der Waals surface area contributed by atoms with Crippen LogP contribution in [0.3, 0.4) is 0 Å².